The average molecular weight is 413 g/mol. The number of methoxy groups -OCH3 is 1. The summed E-state index contributed by atoms with van der Waals surface area (Å²) in [5.41, 5.74) is 6.10. The normalized spacial score (nSPS) is 10.3. The van der Waals surface area contributed by atoms with Crippen LogP contribution in [0.25, 0.3) is 11.1 Å². The molecule has 1 amide bonds. The molecule has 0 bridgehead atoms. The zero-order chi connectivity index (χ0) is 22.1. The molecule has 7 nitrogen and oxygen atoms in total. The van der Waals surface area contributed by atoms with E-state index in [0.29, 0.717) is 22.4 Å². The maximum atomic E-state index is 11.9. The van der Waals surface area contributed by atoms with E-state index in [1.54, 1.807) is 48.5 Å². The minimum Gasteiger partial charge on any atom is -0.484 e. The van der Waals surface area contributed by atoms with Gasteiger partial charge in [-0.1, -0.05) is 36.4 Å². The molecule has 0 atom stereocenters. The van der Waals surface area contributed by atoms with Crippen LogP contribution in [0.3, 0.4) is 0 Å². The molecule has 7 heteroatoms. The maximum Gasteiger partial charge on any atom is 0.337 e. The van der Waals surface area contributed by atoms with E-state index in [1.165, 1.54) is 13.3 Å². The molecule has 31 heavy (non-hydrogen) atoms. The monoisotopic (exact) mass is 413 g/mol. The van der Waals surface area contributed by atoms with Gasteiger partial charge in [0.25, 0.3) is 5.91 Å². The summed E-state index contributed by atoms with van der Waals surface area (Å²) in [5.74, 6) is -0.271. The summed E-state index contributed by atoms with van der Waals surface area (Å²) in [4.78, 5) is 23.3. The molecule has 3 aromatic carbocycles. The number of nitrogens with one attached hydrogen (secondary N) is 1. The third-order valence-electron chi connectivity index (χ3n) is 4.31. The summed E-state index contributed by atoms with van der Waals surface area (Å²) >= 11 is 0. The molecule has 0 aliphatic rings. The van der Waals surface area contributed by atoms with E-state index >= 15 is 0 Å². The van der Waals surface area contributed by atoms with Crippen molar-refractivity contribution in [2.75, 3.05) is 13.7 Å². The molecular formula is C24H19N3O4. The number of benzene rings is 3. The number of hydrogen-bond donors (Lipinski definition) is 1. The standard InChI is InChI=1S/C24H19N3O4/c1-30-24(29)21-8-4-18(5-9-21)15-26-27-23(28)16-31-22-12-10-20(11-13-22)19-6-2-17(14-25)3-7-19/h2-13,15H,16H2,1H3,(H,27,28)/b26-15+. The van der Waals surface area contributed by atoms with Crippen molar-refractivity contribution in [2.45, 2.75) is 0 Å². The number of nitrogens with zero attached hydrogens (tertiary/aromatic N) is 2. The molecule has 0 radical (unpaired) electrons. The van der Waals surface area contributed by atoms with Gasteiger partial charge in [-0.3, -0.25) is 4.79 Å². The number of carbonyl (C=O) groups is 2. The first-order valence-corrected chi connectivity index (χ1v) is 9.33. The fourth-order valence-corrected chi connectivity index (χ4v) is 2.66. The summed E-state index contributed by atoms with van der Waals surface area (Å²) in [7, 11) is 1.32. The molecule has 154 valence electrons. The van der Waals surface area contributed by atoms with Crippen LogP contribution in [-0.4, -0.2) is 31.8 Å². The Hall–Kier alpha value is -4.44. The first-order chi connectivity index (χ1) is 15.1. The first-order valence-electron chi connectivity index (χ1n) is 9.33. The lowest BCUT2D eigenvalue weighted by molar-refractivity contribution is -0.123. The summed E-state index contributed by atoms with van der Waals surface area (Å²) in [6.45, 7) is -0.186. The van der Waals surface area contributed by atoms with E-state index < -0.39 is 11.9 Å². The van der Waals surface area contributed by atoms with Crippen LogP contribution in [0.4, 0.5) is 0 Å². The SMILES string of the molecule is COC(=O)c1ccc(/C=N/NC(=O)COc2ccc(-c3ccc(C#N)cc3)cc2)cc1. The predicted octanol–water partition coefficient (Wildman–Crippen LogP) is 3.54. The van der Waals surface area contributed by atoms with Crippen LogP contribution < -0.4 is 10.2 Å². The van der Waals surface area contributed by atoms with E-state index in [2.05, 4.69) is 21.3 Å². The molecule has 0 saturated heterocycles. The quantitative estimate of drug-likeness (QED) is 0.363. The molecule has 0 aromatic heterocycles. The lowest BCUT2D eigenvalue weighted by Gasteiger charge is -2.07. The van der Waals surface area contributed by atoms with Crippen molar-refractivity contribution in [3.63, 3.8) is 0 Å². The number of ether oxygens (including phenoxy) is 2. The van der Waals surface area contributed by atoms with Crippen LogP contribution in [0, 0.1) is 11.3 Å². The molecule has 3 rings (SSSR count). The molecule has 0 spiro atoms. The molecule has 0 unspecified atom stereocenters. The Kier molecular flexibility index (Phi) is 7.12. The summed E-state index contributed by atoms with van der Waals surface area (Å²) in [5, 5.41) is 12.7. The zero-order valence-electron chi connectivity index (χ0n) is 16.7. The van der Waals surface area contributed by atoms with Crippen LogP contribution >= 0.6 is 0 Å². The van der Waals surface area contributed by atoms with E-state index in [4.69, 9.17) is 10.00 Å². The van der Waals surface area contributed by atoms with Gasteiger partial charge in [-0.2, -0.15) is 10.4 Å². The highest BCUT2D eigenvalue weighted by Crippen LogP contribution is 2.22. The summed E-state index contributed by atoms with van der Waals surface area (Å²) < 4.78 is 10.1. The van der Waals surface area contributed by atoms with Crippen molar-refractivity contribution in [2.24, 2.45) is 5.10 Å². The van der Waals surface area contributed by atoms with Crippen molar-refractivity contribution in [3.05, 3.63) is 89.5 Å². The molecule has 0 aliphatic carbocycles. The number of amides is 1. The predicted molar refractivity (Wildman–Crippen MR) is 116 cm³/mol. The van der Waals surface area contributed by atoms with Gasteiger partial charge in [-0.05, 0) is 53.1 Å². The first kappa shape index (κ1) is 21.3. The van der Waals surface area contributed by atoms with Gasteiger partial charge >= 0.3 is 5.97 Å². The second-order valence-corrected chi connectivity index (χ2v) is 6.41. The fourth-order valence-electron chi connectivity index (χ4n) is 2.66. The fraction of sp³-hybridized carbons (Fsp3) is 0.0833. The van der Waals surface area contributed by atoms with Gasteiger partial charge in [0.15, 0.2) is 6.61 Å². The number of hydrazone groups is 1. The summed E-state index contributed by atoms with van der Waals surface area (Å²) in [6, 6.07) is 23.3. The minimum atomic E-state index is -0.418. The Morgan fingerprint density at radius 3 is 2.16 bits per heavy atom. The third kappa shape index (κ3) is 6.02. The van der Waals surface area contributed by atoms with Crippen molar-refractivity contribution >= 4 is 18.1 Å². The van der Waals surface area contributed by atoms with E-state index in [9.17, 15) is 9.59 Å². The molecule has 0 aliphatic heterocycles. The van der Waals surface area contributed by atoms with Crippen LogP contribution in [-0.2, 0) is 9.53 Å². The highest BCUT2D eigenvalue weighted by atomic mass is 16.5. The molecule has 0 fully saturated rings. The highest BCUT2D eigenvalue weighted by Gasteiger charge is 2.05. The molecular weight excluding hydrogens is 394 g/mol. The second-order valence-electron chi connectivity index (χ2n) is 6.41. The summed E-state index contributed by atoms with van der Waals surface area (Å²) in [6.07, 6.45) is 1.46. The Bertz CT molecular complexity index is 1110. The number of esters is 1. The second kappa shape index (κ2) is 10.4. The van der Waals surface area contributed by atoms with E-state index in [1.807, 2.05) is 24.3 Å². The largest absolute Gasteiger partial charge is 0.484 e. The number of hydrogen-bond acceptors (Lipinski definition) is 6. The Labute approximate surface area is 179 Å². The smallest absolute Gasteiger partial charge is 0.337 e. The molecule has 1 N–H and O–H groups in total. The number of nitriles is 1. The minimum absolute atomic E-state index is 0.186. The van der Waals surface area contributed by atoms with E-state index in [-0.39, 0.29) is 6.61 Å². The van der Waals surface area contributed by atoms with Gasteiger partial charge in [0.05, 0.1) is 30.5 Å². The van der Waals surface area contributed by atoms with Crippen LogP contribution in [0.1, 0.15) is 21.5 Å². The van der Waals surface area contributed by atoms with E-state index in [0.717, 1.165) is 11.1 Å². The van der Waals surface area contributed by atoms with Gasteiger partial charge in [0.1, 0.15) is 5.75 Å². The Morgan fingerprint density at radius 2 is 1.58 bits per heavy atom. The third-order valence-corrected chi connectivity index (χ3v) is 4.31. The maximum absolute atomic E-state index is 11.9. The number of rotatable bonds is 7. The zero-order valence-corrected chi connectivity index (χ0v) is 16.7. The van der Waals surface area contributed by atoms with Crippen LogP contribution in [0.5, 0.6) is 5.75 Å². The lowest BCUT2D eigenvalue weighted by Crippen LogP contribution is -2.24. The van der Waals surface area contributed by atoms with Crippen molar-refractivity contribution in [1.29, 1.82) is 5.26 Å². The molecule has 0 heterocycles. The van der Waals surface area contributed by atoms with Gasteiger partial charge in [-0.25, -0.2) is 10.2 Å². The van der Waals surface area contributed by atoms with Crippen molar-refractivity contribution in [1.82, 2.24) is 5.43 Å². The topological polar surface area (TPSA) is 101 Å². The van der Waals surface area contributed by atoms with Crippen molar-refractivity contribution in [3.8, 4) is 22.9 Å². The molecule has 3 aromatic rings. The van der Waals surface area contributed by atoms with Gasteiger partial charge < -0.3 is 9.47 Å². The Balaban J connectivity index is 1.47. The molecule has 0 saturated carbocycles. The van der Waals surface area contributed by atoms with Crippen LogP contribution in [0.2, 0.25) is 0 Å². The van der Waals surface area contributed by atoms with Crippen molar-refractivity contribution < 1.29 is 19.1 Å². The van der Waals surface area contributed by atoms with Gasteiger partial charge in [-0.15, -0.1) is 0 Å². The van der Waals surface area contributed by atoms with Crippen LogP contribution in [0.15, 0.2) is 77.9 Å². The lowest BCUT2D eigenvalue weighted by atomic mass is 10.0. The number of carbonyl (C=O) groups excluding carboxylic acids is 2. The Morgan fingerprint density at radius 1 is 0.968 bits per heavy atom. The van der Waals surface area contributed by atoms with Gasteiger partial charge in [0, 0.05) is 0 Å². The average Bonchev–Trinajstić information content (AvgIpc) is 2.83. The van der Waals surface area contributed by atoms with Gasteiger partial charge in [0.2, 0.25) is 0 Å². The highest BCUT2D eigenvalue weighted by molar-refractivity contribution is 5.90.